The quantitative estimate of drug-likeness (QED) is 0.832. The molecule has 4 nitrogen and oxygen atoms in total. The molecule has 1 saturated heterocycles. The van der Waals surface area contributed by atoms with Crippen LogP contribution in [0.25, 0.3) is 0 Å². The van der Waals surface area contributed by atoms with E-state index >= 15 is 0 Å². The first-order valence-electron chi connectivity index (χ1n) is 5.77. The monoisotopic (exact) mass is 254 g/mol. The van der Waals surface area contributed by atoms with Crippen LogP contribution in [-0.2, 0) is 9.47 Å². The number of aryl methyl sites for hydroxylation is 1. The molecule has 0 bridgehead atoms. The summed E-state index contributed by atoms with van der Waals surface area (Å²) in [5.74, 6) is -0.476. The number of esters is 1. The average molecular weight is 254 g/mol. The SMILES string of the molecule is Cc1ccc(C(=O)OC[C@@H]2CC(F)C(O)O2)cc1. The lowest BCUT2D eigenvalue weighted by Crippen LogP contribution is -2.19. The molecule has 1 aliphatic rings. The van der Waals surface area contributed by atoms with E-state index in [1.54, 1.807) is 12.1 Å². The van der Waals surface area contributed by atoms with E-state index in [1.165, 1.54) is 0 Å². The topological polar surface area (TPSA) is 55.8 Å². The summed E-state index contributed by atoms with van der Waals surface area (Å²) in [7, 11) is 0. The van der Waals surface area contributed by atoms with Gasteiger partial charge in [-0.2, -0.15) is 0 Å². The van der Waals surface area contributed by atoms with Crippen molar-refractivity contribution in [2.24, 2.45) is 0 Å². The lowest BCUT2D eigenvalue weighted by Gasteiger charge is -2.10. The Kier molecular flexibility index (Phi) is 3.93. The van der Waals surface area contributed by atoms with Crippen LogP contribution < -0.4 is 0 Å². The molecule has 0 spiro atoms. The first-order chi connectivity index (χ1) is 8.56. The number of carbonyl (C=O) groups is 1. The molecule has 1 aromatic rings. The first kappa shape index (κ1) is 13.0. The summed E-state index contributed by atoms with van der Waals surface area (Å²) in [4.78, 5) is 11.6. The van der Waals surface area contributed by atoms with Gasteiger partial charge in [0.1, 0.15) is 6.61 Å². The maximum Gasteiger partial charge on any atom is 0.338 e. The van der Waals surface area contributed by atoms with Crippen molar-refractivity contribution in [3.63, 3.8) is 0 Å². The molecule has 3 atom stereocenters. The van der Waals surface area contributed by atoms with Crippen LogP contribution in [0.1, 0.15) is 22.3 Å². The van der Waals surface area contributed by atoms with Crippen molar-refractivity contribution in [1.29, 1.82) is 0 Å². The minimum Gasteiger partial charge on any atom is -0.459 e. The molecule has 2 rings (SSSR count). The zero-order chi connectivity index (χ0) is 13.1. The number of hydrogen-bond acceptors (Lipinski definition) is 4. The van der Waals surface area contributed by atoms with E-state index < -0.39 is 24.5 Å². The Labute approximate surface area is 104 Å². The predicted octanol–water partition coefficient (Wildman–Crippen LogP) is 1.60. The molecule has 5 heteroatoms. The highest BCUT2D eigenvalue weighted by molar-refractivity contribution is 5.89. The van der Waals surface area contributed by atoms with E-state index in [0.717, 1.165) is 5.56 Å². The van der Waals surface area contributed by atoms with E-state index in [2.05, 4.69) is 0 Å². The molecule has 2 unspecified atom stereocenters. The van der Waals surface area contributed by atoms with Crippen LogP contribution in [0.2, 0.25) is 0 Å². The van der Waals surface area contributed by atoms with Gasteiger partial charge in [-0.25, -0.2) is 9.18 Å². The van der Waals surface area contributed by atoms with Crippen LogP contribution in [0.5, 0.6) is 0 Å². The molecule has 18 heavy (non-hydrogen) atoms. The maximum atomic E-state index is 12.9. The van der Waals surface area contributed by atoms with Crippen molar-refractivity contribution >= 4 is 5.97 Å². The Bertz CT molecular complexity index is 408. The van der Waals surface area contributed by atoms with Crippen molar-refractivity contribution in [1.82, 2.24) is 0 Å². The lowest BCUT2D eigenvalue weighted by molar-refractivity contribution is -0.121. The van der Waals surface area contributed by atoms with E-state index in [1.807, 2.05) is 19.1 Å². The molecule has 98 valence electrons. The maximum absolute atomic E-state index is 12.9. The Morgan fingerprint density at radius 1 is 1.50 bits per heavy atom. The van der Waals surface area contributed by atoms with E-state index in [-0.39, 0.29) is 13.0 Å². The largest absolute Gasteiger partial charge is 0.459 e. The van der Waals surface area contributed by atoms with Gasteiger partial charge in [0.05, 0.1) is 11.7 Å². The van der Waals surface area contributed by atoms with Crippen LogP contribution in [0.3, 0.4) is 0 Å². The molecule has 0 aromatic heterocycles. The van der Waals surface area contributed by atoms with Crippen molar-refractivity contribution in [3.05, 3.63) is 35.4 Å². The number of rotatable bonds is 3. The molecule has 0 aliphatic carbocycles. The van der Waals surface area contributed by atoms with E-state index in [0.29, 0.717) is 5.56 Å². The van der Waals surface area contributed by atoms with Gasteiger partial charge in [-0.05, 0) is 19.1 Å². The number of hydrogen-bond donors (Lipinski definition) is 1. The summed E-state index contributed by atoms with van der Waals surface area (Å²) in [6.45, 7) is 1.87. The van der Waals surface area contributed by atoms with Crippen LogP contribution >= 0.6 is 0 Å². The Morgan fingerprint density at radius 2 is 2.17 bits per heavy atom. The number of halogens is 1. The van der Waals surface area contributed by atoms with Gasteiger partial charge in [0, 0.05) is 6.42 Å². The fourth-order valence-corrected chi connectivity index (χ4v) is 1.75. The second kappa shape index (κ2) is 5.46. The van der Waals surface area contributed by atoms with Gasteiger partial charge in [-0.1, -0.05) is 17.7 Å². The normalized spacial score (nSPS) is 27.2. The second-order valence-electron chi connectivity index (χ2n) is 4.36. The van der Waals surface area contributed by atoms with Gasteiger partial charge in [0.15, 0.2) is 12.5 Å². The molecular weight excluding hydrogens is 239 g/mol. The second-order valence-corrected chi connectivity index (χ2v) is 4.36. The summed E-state index contributed by atoms with van der Waals surface area (Å²) >= 11 is 0. The molecule has 0 saturated carbocycles. The highest BCUT2D eigenvalue weighted by Gasteiger charge is 2.34. The third-order valence-electron chi connectivity index (χ3n) is 2.82. The Morgan fingerprint density at radius 3 is 2.72 bits per heavy atom. The van der Waals surface area contributed by atoms with Crippen molar-refractivity contribution in [2.45, 2.75) is 31.9 Å². The molecule has 1 N–H and O–H groups in total. The molecular formula is C13H15FO4. The average Bonchev–Trinajstić information content (AvgIpc) is 2.67. The van der Waals surface area contributed by atoms with Crippen LogP contribution in [0.15, 0.2) is 24.3 Å². The lowest BCUT2D eigenvalue weighted by atomic mass is 10.1. The summed E-state index contributed by atoms with van der Waals surface area (Å²) in [5.41, 5.74) is 1.49. The van der Waals surface area contributed by atoms with Crippen molar-refractivity contribution in [3.8, 4) is 0 Å². The molecule has 1 heterocycles. The summed E-state index contributed by atoms with van der Waals surface area (Å²) < 4.78 is 22.8. The van der Waals surface area contributed by atoms with Crippen molar-refractivity contribution < 1.29 is 23.8 Å². The third kappa shape index (κ3) is 3.05. The van der Waals surface area contributed by atoms with Crippen LogP contribution in [-0.4, -0.2) is 36.2 Å². The third-order valence-corrected chi connectivity index (χ3v) is 2.82. The molecule has 1 aromatic carbocycles. The van der Waals surface area contributed by atoms with Gasteiger partial charge in [0.2, 0.25) is 0 Å². The van der Waals surface area contributed by atoms with Gasteiger partial charge in [-0.3, -0.25) is 0 Å². The summed E-state index contributed by atoms with van der Waals surface area (Å²) in [5, 5.41) is 9.04. The minimum absolute atomic E-state index is 0.0440. The van der Waals surface area contributed by atoms with Gasteiger partial charge in [-0.15, -0.1) is 0 Å². The molecule has 1 aliphatic heterocycles. The van der Waals surface area contributed by atoms with Gasteiger partial charge >= 0.3 is 5.97 Å². The minimum atomic E-state index is -1.41. The predicted molar refractivity (Wildman–Crippen MR) is 61.9 cm³/mol. The standard InChI is InChI=1S/C13H15FO4/c1-8-2-4-9(5-3-8)12(15)17-7-10-6-11(14)13(16)18-10/h2-5,10-11,13,16H,6-7H2,1H3/t10-,11?,13?/m0/s1. The van der Waals surface area contributed by atoms with Gasteiger partial charge < -0.3 is 14.6 Å². The number of ether oxygens (including phenoxy) is 2. The van der Waals surface area contributed by atoms with Crippen LogP contribution in [0.4, 0.5) is 4.39 Å². The number of benzene rings is 1. The molecule has 1 fully saturated rings. The number of carbonyl (C=O) groups excluding carboxylic acids is 1. The zero-order valence-corrected chi connectivity index (χ0v) is 10.0. The number of aliphatic hydroxyl groups is 1. The molecule has 0 amide bonds. The smallest absolute Gasteiger partial charge is 0.338 e. The fraction of sp³-hybridized carbons (Fsp3) is 0.462. The van der Waals surface area contributed by atoms with Crippen LogP contribution in [0, 0.1) is 6.92 Å². The first-order valence-corrected chi connectivity index (χ1v) is 5.77. The van der Waals surface area contributed by atoms with E-state index in [9.17, 15) is 9.18 Å². The van der Waals surface area contributed by atoms with E-state index in [4.69, 9.17) is 14.6 Å². The number of aliphatic hydroxyl groups excluding tert-OH is 1. The van der Waals surface area contributed by atoms with Crippen molar-refractivity contribution in [2.75, 3.05) is 6.61 Å². The Hall–Kier alpha value is -1.46. The Balaban J connectivity index is 1.84. The molecule has 0 radical (unpaired) electrons. The highest BCUT2D eigenvalue weighted by atomic mass is 19.1. The fourth-order valence-electron chi connectivity index (χ4n) is 1.75. The summed E-state index contributed by atoms with van der Waals surface area (Å²) in [6.07, 6.45) is -3.35. The zero-order valence-electron chi connectivity index (χ0n) is 10.0. The summed E-state index contributed by atoms with van der Waals surface area (Å²) in [6, 6.07) is 6.95. The number of alkyl halides is 1. The highest BCUT2D eigenvalue weighted by Crippen LogP contribution is 2.21. The van der Waals surface area contributed by atoms with Gasteiger partial charge in [0.25, 0.3) is 0 Å².